The largest absolute Gasteiger partial charge is 0.480 e. The zero-order chi connectivity index (χ0) is 14.2. The predicted molar refractivity (Wildman–Crippen MR) is 69.5 cm³/mol. The number of amides is 1. The Balaban J connectivity index is 2.63. The zero-order valence-corrected chi connectivity index (χ0v) is 10.6. The van der Waals surface area contributed by atoms with Crippen LogP contribution >= 0.6 is 11.6 Å². The van der Waals surface area contributed by atoms with Crippen molar-refractivity contribution >= 4 is 34.9 Å². The number of hydrogen-bond donors (Lipinski definition) is 1. The number of rotatable bonds is 3. The number of ketones is 1. The van der Waals surface area contributed by atoms with Crippen LogP contribution in [0.4, 0.5) is 5.69 Å². The second kappa shape index (κ2) is 4.85. The van der Waals surface area contributed by atoms with Crippen LogP contribution in [0.3, 0.4) is 0 Å². The Hall–Kier alpha value is -2.14. The molecule has 0 aliphatic carbocycles. The molecule has 98 valence electrons. The third-order valence-corrected chi connectivity index (χ3v) is 3.08. The highest BCUT2D eigenvalue weighted by Crippen LogP contribution is 2.33. The molecular formula is C13H10ClNO4. The second-order valence-electron chi connectivity index (χ2n) is 4.03. The number of aliphatic carboxylic acids is 1. The molecule has 1 unspecified atom stereocenters. The van der Waals surface area contributed by atoms with Crippen LogP contribution in [0.1, 0.15) is 10.4 Å². The van der Waals surface area contributed by atoms with Crippen molar-refractivity contribution in [3.8, 4) is 0 Å². The molecule has 19 heavy (non-hydrogen) atoms. The van der Waals surface area contributed by atoms with Crippen LogP contribution in [-0.2, 0) is 9.59 Å². The molecule has 0 bridgehead atoms. The van der Waals surface area contributed by atoms with Crippen molar-refractivity contribution in [2.24, 2.45) is 5.92 Å². The van der Waals surface area contributed by atoms with E-state index >= 15 is 0 Å². The number of carboxylic acids is 1. The molecule has 5 nitrogen and oxygen atoms in total. The van der Waals surface area contributed by atoms with E-state index < -0.39 is 23.6 Å². The Labute approximate surface area is 114 Å². The number of anilines is 1. The third-order valence-electron chi connectivity index (χ3n) is 2.85. The summed E-state index contributed by atoms with van der Waals surface area (Å²) in [5.74, 6) is -4.64. The molecule has 0 aromatic heterocycles. The highest BCUT2D eigenvalue weighted by Gasteiger charge is 2.43. The van der Waals surface area contributed by atoms with E-state index in [2.05, 4.69) is 6.58 Å². The second-order valence-corrected chi connectivity index (χ2v) is 4.47. The first kappa shape index (κ1) is 13.3. The van der Waals surface area contributed by atoms with Gasteiger partial charge in [0.2, 0.25) is 5.91 Å². The van der Waals surface area contributed by atoms with Gasteiger partial charge in [-0.05, 0) is 18.2 Å². The maximum absolute atomic E-state index is 12.1. The third kappa shape index (κ3) is 2.13. The summed E-state index contributed by atoms with van der Waals surface area (Å²) in [7, 11) is 0. The monoisotopic (exact) mass is 279 g/mol. The van der Waals surface area contributed by atoms with Gasteiger partial charge in [-0.3, -0.25) is 14.4 Å². The Bertz CT molecular complexity index is 596. The number of Topliss-reactive ketones (excluding diaryl/α,β-unsaturated/α-hetero) is 1. The molecule has 1 aromatic carbocycles. The van der Waals surface area contributed by atoms with Gasteiger partial charge in [-0.15, -0.1) is 6.58 Å². The first-order valence-corrected chi connectivity index (χ1v) is 5.84. The van der Waals surface area contributed by atoms with Crippen LogP contribution < -0.4 is 4.90 Å². The van der Waals surface area contributed by atoms with Crippen LogP contribution in [-0.4, -0.2) is 29.3 Å². The molecule has 1 aromatic rings. The van der Waals surface area contributed by atoms with Gasteiger partial charge in [-0.2, -0.15) is 0 Å². The number of carboxylic acid groups (broad SMARTS) is 1. The lowest BCUT2D eigenvalue weighted by Gasteiger charge is -2.30. The van der Waals surface area contributed by atoms with Crippen LogP contribution in [0.15, 0.2) is 30.9 Å². The van der Waals surface area contributed by atoms with Gasteiger partial charge in [0.05, 0.1) is 5.69 Å². The normalized spacial score (nSPS) is 18.2. The van der Waals surface area contributed by atoms with E-state index in [0.29, 0.717) is 10.7 Å². The number of carbonyl (C=O) groups is 3. The molecule has 0 fully saturated rings. The summed E-state index contributed by atoms with van der Waals surface area (Å²) in [5.41, 5.74) is 0.498. The molecule has 6 heteroatoms. The van der Waals surface area contributed by atoms with Crippen molar-refractivity contribution in [2.75, 3.05) is 11.4 Å². The molecular weight excluding hydrogens is 270 g/mol. The Kier molecular flexibility index (Phi) is 3.40. The predicted octanol–water partition coefficient (Wildman–Crippen LogP) is 1.76. The van der Waals surface area contributed by atoms with E-state index in [4.69, 9.17) is 16.7 Å². The number of carbonyl (C=O) groups excluding carboxylic acids is 2. The van der Waals surface area contributed by atoms with Crippen molar-refractivity contribution < 1.29 is 19.5 Å². The van der Waals surface area contributed by atoms with Gasteiger partial charge >= 0.3 is 5.97 Å². The highest BCUT2D eigenvalue weighted by atomic mass is 35.5. The number of fused-ring (bicyclic) bond motifs is 1. The summed E-state index contributed by atoms with van der Waals surface area (Å²) < 4.78 is 0. The summed E-state index contributed by atoms with van der Waals surface area (Å²) in [6.45, 7) is 3.63. The fraction of sp³-hybridized carbons (Fsp3) is 0.154. The number of halogens is 1. The standard InChI is InChI=1S/C13H10ClNO4/c1-2-5-15-9-6-7(14)3-4-8(9)11(16)10(12(15)17)13(18)19/h2-4,6,10H,1,5H2,(H,18,19). The Morgan fingerprint density at radius 2 is 2.16 bits per heavy atom. The Morgan fingerprint density at radius 1 is 1.47 bits per heavy atom. The number of hydrogen-bond acceptors (Lipinski definition) is 3. The molecule has 1 N–H and O–H groups in total. The number of nitrogens with zero attached hydrogens (tertiary/aromatic N) is 1. The van der Waals surface area contributed by atoms with Crippen molar-refractivity contribution in [3.63, 3.8) is 0 Å². The molecule has 1 amide bonds. The van der Waals surface area contributed by atoms with E-state index in [1.807, 2.05) is 0 Å². The summed E-state index contributed by atoms with van der Waals surface area (Å²) in [6.07, 6.45) is 1.46. The lowest BCUT2D eigenvalue weighted by Crippen LogP contribution is -2.48. The molecule has 2 rings (SSSR count). The lowest BCUT2D eigenvalue weighted by molar-refractivity contribution is -0.144. The maximum atomic E-state index is 12.1. The Morgan fingerprint density at radius 3 is 2.74 bits per heavy atom. The summed E-state index contributed by atoms with van der Waals surface area (Å²) in [6, 6.07) is 4.38. The summed E-state index contributed by atoms with van der Waals surface area (Å²) >= 11 is 5.85. The van der Waals surface area contributed by atoms with E-state index in [-0.39, 0.29) is 12.1 Å². The van der Waals surface area contributed by atoms with Crippen LogP contribution in [0.5, 0.6) is 0 Å². The van der Waals surface area contributed by atoms with Crippen LogP contribution in [0, 0.1) is 5.92 Å². The molecule has 0 saturated heterocycles. The van der Waals surface area contributed by atoms with Crippen LogP contribution in [0.25, 0.3) is 0 Å². The van der Waals surface area contributed by atoms with Crippen molar-refractivity contribution in [1.82, 2.24) is 0 Å². The van der Waals surface area contributed by atoms with E-state index in [1.54, 1.807) is 0 Å². The lowest BCUT2D eigenvalue weighted by atomic mass is 9.90. The smallest absolute Gasteiger partial charge is 0.324 e. The first-order chi connectivity index (χ1) is 8.97. The molecule has 1 aliphatic heterocycles. The molecule has 1 atom stereocenters. The molecule has 0 radical (unpaired) electrons. The van der Waals surface area contributed by atoms with Gasteiger partial charge in [0.15, 0.2) is 11.7 Å². The summed E-state index contributed by atoms with van der Waals surface area (Å²) in [4.78, 5) is 36.4. The molecule has 0 saturated carbocycles. The van der Waals surface area contributed by atoms with Gasteiger partial charge in [0.25, 0.3) is 0 Å². The minimum absolute atomic E-state index is 0.114. The van der Waals surface area contributed by atoms with Crippen molar-refractivity contribution in [3.05, 3.63) is 41.4 Å². The van der Waals surface area contributed by atoms with Gasteiger partial charge in [0, 0.05) is 17.1 Å². The van der Waals surface area contributed by atoms with Crippen LogP contribution in [0.2, 0.25) is 5.02 Å². The van der Waals surface area contributed by atoms with E-state index in [9.17, 15) is 14.4 Å². The molecule has 1 heterocycles. The minimum Gasteiger partial charge on any atom is -0.480 e. The first-order valence-electron chi connectivity index (χ1n) is 5.46. The fourth-order valence-corrected chi connectivity index (χ4v) is 2.18. The highest BCUT2D eigenvalue weighted by molar-refractivity contribution is 6.33. The van der Waals surface area contributed by atoms with Gasteiger partial charge in [-0.1, -0.05) is 17.7 Å². The van der Waals surface area contributed by atoms with Gasteiger partial charge in [-0.25, -0.2) is 0 Å². The zero-order valence-electron chi connectivity index (χ0n) is 9.80. The van der Waals surface area contributed by atoms with Gasteiger partial charge in [0.1, 0.15) is 0 Å². The van der Waals surface area contributed by atoms with E-state index in [0.717, 1.165) is 0 Å². The van der Waals surface area contributed by atoms with Crippen molar-refractivity contribution in [1.29, 1.82) is 0 Å². The van der Waals surface area contributed by atoms with E-state index in [1.165, 1.54) is 29.2 Å². The minimum atomic E-state index is -1.70. The average molecular weight is 280 g/mol. The topological polar surface area (TPSA) is 74.7 Å². The SMILES string of the molecule is C=CCN1C(=O)C(C(=O)O)C(=O)c2ccc(Cl)cc21. The molecule has 1 aliphatic rings. The summed E-state index contributed by atoms with van der Waals surface area (Å²) in [5, 5.41) is 9.39. The van der Waals surface area contributed by atoms with Crippen molar-refractivity contribution in [2.45, 2.75) is 0 Å². The average Bonchev–Trinajstić information content (AvgIpc) is 2.34. The van der Waals surface area contributed by atoms with Gasteiger partial charge < -0.3 is 10.0 Å². The maximum Gasteiger partial charge on any atom is 0.324 e. The fourth-order valence-electron chi connectivity index (χ4n) is 2.01. The quantitative estimate of drug-likeness (QED) is 0.676. The molecule has 0 spiro atoms. The number of benzene rings is 1.